The van der Waals surface area contributed by atoms with Crippen LogP contribution in [0.5, 0.6) is 0 Å². The van der Waals surface area contributed by atoms with Gasteiger partial charge in [-0.05, 0) is 30.7 Å². The first-order valence-corrected chi connectivity index (χ1v) is 4.19. The monoisotopic (exact) mass is 197 g/mol. The number of nitrogens with two attached hydrogens (primary N) is 1. The van der Waals surface area contributed by atoms with Crippen LogP contribution < -0.4 is 5.73 Å². The molecular formula is C10H12FNO2. The fraction of sp³-hybridized carbons (Fsp3) is 0.300. The van der Waals surface area contributed by atoms with Crippen molar-refractivity contribution in [1.82, 2.24) is 0 Å². The van der Waals surface area contributed by atoms with Crippen LogP contribution in [0.1, 0.15) is 28.9 Å². The summed E-state index contributed by atoms with van der Waals surface area (Å²) >= 11 is 0. The average molecular weight is 197 g/mol. The molecule has 0 fully saturated rings. The number of benzene rings is 1. The lowest BCUT2D eigenvalue weighted by molar-refractivity contribution is 0.0599. The van der Waals surface area contributed by atoms with Crippen LogP contribution in [0, 0.1) is 5.82 Å². The van der Waals surface area contributed by atoms with Crippen molar-refractivity contribution in [2.45, 2.75) is 13.0 Å². The molecule has 0 spiro atoms. The molecular weight excluding hydrogens is 185 g/mol. The molecule has 4 heteroatoms. The topological polar surface area (TPSA) is 52.3 Å². The number of rotatable bonds is 2. The largest absolute Gasteiger partial charge is 0.465 e. The third-order valence-electron chi connectivity index (χ3n) is 1.91. The van der Waals surface area contributed by atoms with E-state index in [0.29, 0.717) is 11.1 Å². The molecule has 2 N–H and O–H groups in total. The fourth-order valence-electron chi connectivity index (χ4n) is 1.21. The molecule has 1 unspecified atom stereocenters. The van der Waals surface area contributed by atoms with Crippen LogP contribution >= 0.6 is 0 Å². The molecule has 0 heterocycles. The Kier molecular flexibility index (Phi) is 3.19. The number of halogens is 1. The molecule has 0 aromatic heterocycles. The van der Waals surface area contributed by atoms with Crippen molar-refractivity contribution in [2.24, 2.45) is 5.73 Å². The first kappa shape index (κ1) is 10.7. The van der Waals surface area contributed by atoms with E-state index < -0.39 is 17.8 Å². The van der Waals surface area contributed by atoms with E-state index in [1.165, 1.54) is 25.3 Å². The van der Waals surface area contributed by atoms with E-state index in [4.69, 9.17) is 5.73 Å². The number of methoxy groups -OCH3 is 1. The van der Waals surface area contributed by atoms with Gasteiger partial charge in [-0.1, -0.05) is 0 Å². The number of esters is 1. The number of carbonyl (C=O) groups is 1. The van der Waals surface area contributed by atoms with Crippen molar-refractivity contribution < 1.29 is 13.9 Å². The van der Waals surface area contributed by atoms with Gasteiger partial charge in [-0.3, -0.25) is 0 Å². The van der Waals surface area contributed by atoms with Crippen LogP contribution in [-0.4, -0.2) is 13.1 Å². The van der Waals surface area contributed by atoms with Gasteiger partial charge < -0.3 is 10.5 Å². The Morgan fingerprint density at radius 1 is 1.57 bits per heavy atom. The smallest absolute Gasteiger partial charge is 0.338 e. The zero-order valence-electron chi connectivity index (χ0n) is 8.08. The number of carbonyl (C=O) groups excluding carboxylic acids is 1. The Hall–Kier alpha value is -1.42. The summed E-state index contributed by atoms with van der Waals surface area (Å²) in [5, 5.41) is 0. The Morgan fingerprint density at radius 2 is 2.21 bits per heavy atom. The van der Waals surface area contributed by atoms with Crippen molar-refractivity contribution in [3.05, 3.63) is 35.1 Å². The predicted molar refractivity (Wildman–Crippen MR) is 50.3 cm³/mol. The number of ether oxygens (including phenoxy) is 1. The summed E-state index contributed by atoms with van der Waals surface area (Å²) < 4.78 is 17.4. The first-order valence-electron chi connectivity index (χ1n) is 4.19. The lowest BCUT2D eigenvalue weighted by Crippen LogP contribution is -2.13. The van der Waals surface area contributed by atoms with Crippen LogP contribution in [-0.2, 0) is 4.74 Å². The summed E-state index contributed by atoms with van der Waals surface area (Å²) in [7, 11) is 1.27. The third kappa shape index (κ3) is 2.09. The van der Waals surface area contributed by atoms with Gasteiger partial charge in [-0.2, -0.15) is 0 Å². The standard InChI is InChI=1S/C10H12FNO2/c1-6(12)9-5-7(11)3-4-8(9)10(13)14-2/h3-6H,12H2,1-2H3. The maximum Gasteiger partial charge on any atom is 0.338 e. The Morgan fingerprint density at radius 3 is 2.71 bits per heavy atom. The van der Waals surface area contributed by atoms with Crippen molar-refractivity contribution in [3.8, 4) is 0 Å². The van der Waals surface area contributed by atoms with Crippen molar-refractivity contribution in [3.63, 3.8) is 0 Å². The van der Waals surface area contributed by atoms with Gasteiger partial charge in [0.15, 0.2) is 0 Å². The van der Waals surface area contributed by atoms with Crippen molar-refractivity contribution >= 4 is 5.97 Å². The molecule has 3 nitrogen and oxygen atoms in total. The molecule has 1 aromatic rings. The van der Waals surface area contributed by atoms with Crippen LogP contribution in [0.25, 0.3) is 0 Å². The highest BCUT2D eigenvalue weighted by molar-refractivity contribution is 5.91. The zero-order valence-corrected chi connectivity index (χ0v) is 8.08. The number of hydrogen-bond acceptors (Lipinski definition) is 3. The maximum atomic E-state index is 12.9. The molecule has 0 amide bonds. The molecule has 0 aliphatic carbocycles. The van der Waals surface area contributed by atoms with Crippen LogP contribution in [0.3, 0.4) is 0 Å². The lowest BCUT2D eigenvalue weighted by Gasteiger charge is -2.10. The van der Waals surface area contributed by atoms with Crippen molar-refractivity contribution in [1.29, 1.82) is 0 Å². The second-order valence-corrected chi connectivity index (χ2v) is 3.01. The minimum absolute atomic E-state index is 0.309. The fourth-order valence-corrected chi connectivity index (χ4v) is 1.21. The number of hydrogen-bond donors (Lipinski definition) is 1. The van der Waals surface area contributed by atoms with Gasteiger partial charge in [0.2, 0.25) is 0 Å². The Balaban J connectivity index is 3.21. The van der Waals surface area contributed by atoms with E-state index >= 15 is 0 Å². The lowest BCUT2D eigenvalue weighted by atomic mass is 10.0. The van der Waals surface area contributed by atoms with Gasteiger partial charge in [0.1, 0.15) is 5.82 Å². The molecule has 0 saturated heterocycles. The molecule has 1 atom stereocenters. The molecule has 0 aliphatic heterocycles. The molecule has 14 heavy (non-hydrogen) atoms. The summed E-state index contributed by atoms with van der Waals surface area (Å²) in [6, 6.07) is 3.43. The van der Waals surface area contributed by atoms with E-state index in [0.717, 1.165) is 0 Å². The summed E-state index contributed by atoms with van der Waals surface area (Å²) in [6.45, 7) is 1.68. The zero-order chi connectivity index (χ0) is 10.7. The van der Waals surface area contributed by atoms with Crippen LogP contribution in [0.2, 0.25) is 0 Å². The molecule has 1 aromatic carbocycles. The molecule has 0 saturated carbocycles. The van der Waals surface area contributed by atoms with Gasteiger partial charge >= 0.3 is 5.97 Å². The Bertz CT molecular complexity index is 350. The summed E-state index contributed by atoms with van der Waals surface area (Å²) in [4.78, 5) is 11.2. The Labute approximate surface area is 81.7 Å². The van der Waals surface area contributed by atoms with Gasteiger partial charge in [0.05, 0.1) is 12.7 Å². The molecule has 1 rings (SSSR count). The molecule has 0 bridgehead atoms. The second kappa shape index (κ2) is 4.19. The SMILES string of the molecule is COC(=O)c1ccc(F)cc1C(C)N. The highest BCUT2D eigenvalue weighted by atomic mass is 19.1. The quantitative estimate of drug-likeness (QED) is 0.733. The summed E-state index contributed by atoms with van der Waals surface area (Å²) in [5.74, 6) is -0.915. The van der Waals surface area contributed by atoms with Gasteiger partial charge in [0.25, 0.3) is 0 Å². The molecule has 0 radical (unpaired) electrons. The summed E-state index contributed by atoms with van der Waals surface area (Å²) in [5.41, 5.74) is 6.37. The second-order valence-electron chi connectivity index (χ2n) is 3.01. The van der Waals surface area contributed by atoms with Crippen molar-refractivity contribution in [2.75, 3.05) is 7.11 Å². The normalized spacial score (nSPS) is 12.3. The highest BCUT2D eigenvalue weighted by Gasteiger charge is 2.14. The molecule has 0 aliphatic rings. The van der Waals surface area contributed by atoms with Gasteiger partial charge in [-0.15, -0.1) is 0 Å². The average Bonchev–Trinajstić information content (AvgIpc) is 2.16. The first-order chi connectivity index (χ1) is 6.56. The maximum absolute atomic E-state index is 12.9. The van der Waals surface area contributed by atoms with E-state index in [2.05, 4.69) is 4.74 Å². The minimum Gasteiger partial charge on any atom is -0.465 e. The van der Waals surface area contributed by atoms with Gasteiger partial charge in [0, 0.05) is 6.04 Å². The minimum atomic E-state index is -0.502. The van der Waals surface area contributed by atoms with E-state index in [1.807, 2.05) is 0 Å². The molecule has 76 valence electrons. The highest BCUT2D eigenvalue weighted by Crippen LogP contribution is 2.18. The van der Waals surface area contributed by atoms with Gasteiger partial charge in [-0.25, -0.2) is 9.18 Å². The third-order valence-corrected chi connectivity index (χ3v) is 1.91. The van der Waals surface area contributed by atoms with E-state index in [9.17, 15) is 9.18 Å². The van der Waals surface area contributed by atoms with Crippen LogP contribution in [0.4, 0.5) is 4.39 Å². The predicted octanol–water partition coefficient (Wildman–Crippen LogP) is 1.63. The summed E-state index contributed by atoms with van der Waals surface area (Å²) in [6.07, 6.45) is 0. The van der Waals surface area contributed by atoms with Crippen LogP contribution in [0.15, 0.2) is 18.2 Å². The van der Waals surface area contributed by atoms with E-state index in [1.54, 1.807) is 6.92 Å². The van der Waals surface area contributed by atoms with E-state index in [-0.39, 0.29) is 0 Å².